The van der Waals surface area contributed by atoms with Crippen molar-refractivity contribution in [3.63, 3.8) is 0 Å². The van der Waals surface area contributed by atoms with Crippen LogP contribution in [0, 0.1) is 22.7 Å². The molecule has 0 aromatic heterocycles. The van der Waals surface area contributed by atoms with Crippen molar-refractivity contribution in [1.82, 2.24) is 0 Å². The van der Waals surface area contributed by atoms with Crippen LogP contribution in [-0.4, -0.2) is 6.04 Å². The number of hydrogen-bond acceptors (Lipinski definition) is 1. The van der Waals surface area contributed by atoms with Gasteiger partial charge in [0.15, 0.2) is 0 Å². The maximum absolute atomic E-state index is 5.97. The summed E-state index contributed by atoms with van der Waals surface area (Å²) in [5.41, 5.74) is 6.68. The first-order chi connectivity index (χ1) is 5.67. The van der Waals surface area contributed by atoms with Crippen molar-refractivity contribution in [2.75, 3.05) is 0 Å². The lowest BCUT2D eigenvalue weighted by molar-refractivity contribution is 0.0393. The second-order valence-electron chi connectivity index (χ2n) is 6.12. The van der Waals surface area contributed by atoms with Crippen LogP contribution in [0.25, 0.3) is 0 Å². The Hall–Kier alpha value is -0.0400. The van der Waals surface area contributed by atoms with E-state index in [1.165, 1.54) is 6.42 Å². The van der Waals surface area contributed by atoms with Gasteiger partial charge >= 0.3 is 0 Å². The molecule has 1 saturated carbocycles. The maximum atomic E-state index is 5.97. The first-order valence-corrected chi connectivity index (χ1v) is 5.29. The predicted molar refractivity (Wildman–Crippen MR) is 58.2 cm³/mol. The van der Waals surface area contributed by atoms with Crippen LogP contribution in [0.2, 0.25) is 0 Å². The first kappa shape index (κ1) is 11.0. The van der Waals surface area contributed by atoms with E-state index in [2.05, 4.69) is 41.5 Å². The summed E-state index contributed by atoms with van der Waals surface area (Å²) in [6.07, 6.45) is 1.23. The molecule has 0 amide bonds. The van der Waals surface area contributed by atoms with Crippen LogP contribution in [0.15, 0.2) is 0 Å². The summed E-state index contributed by atoms with van der Waals surface area (Å²) in [4.78, 5) is 0. The summed E-state index contributed by atoms with van der Waals surface area (Å²) in [6.45, 7) is 13.7. The van der Waals surface area contributed by atoms with Crippen LogP contribution < -0.4 is 5.73 Å². The van der Waals surface area contributed by atoms with Gasteiger partial charge in [-0.3, -0.25) is 0 Å². The fourth-order valence-corrected chi connectivity index (χ4v) is 2.95. The quantitative estimate of drug-likeness (QED) is 0.663. The lowest BCUT2D eigenvalue weighted by Crippen LogP contribution is -2.54. The molecule has 1 nitrogen and oxygen atoms in total. The molecule has 1 radical (unpaired) electrons. The molecular weight excluding hydrogens is 158 g/mol. The van der Waals surface area contributed by atoms with Crippen molar-refractivity contribution in [3.8, 4) is 0 Å². The van der Waals surface area contributed by atoms with Crippen LogP contribution in [0.1, 0.15) is 48.0 Å². The third-order valence-electron chi connectivity index (χ3n) is 3.67. The normalized spacial score (nSPS) is 31.2. The zero-order valence-electron chi connectivity index (χ0n) is 9.94. The third-order valence-corrected chi connectivity index (χ3v) is 3.67. The van der Waals surface area contributed by atoms with Gasteiger partial charge in [0.05, 0.1) is 0 Å². The highest BCUT2D eigenvalue weighted by Crippen LogP contribution is 2.60. The molecule has 1 aliphatic rings. The molecule has 77 valence electrons. The van der Waals surface area contributed by atoms with Gasteiger partial charge < -0.3 is 5.73 Å². The molecule has 0 saturated heterocycles. The van der Waals surface area contributed by atoms with E-state index < -0.39 is 0 Å². The Kier molecular flexibility index (Phi) is 2.53. The molecule has 0 spiro atoms. The van der Waals surface area contributed by atoms with Crippen LogP contribution >= 0.6 is 0 Å². The Balaban J connectivity index is 2.70. The SMILES string of the molecule is C[C@H](N)[C@@H]1C[C](C(C)(C)C)C1(C)C. The van der Waals surface area contributed by atoms with Crippen LogP contribution in [-0.2, 0) is 0 Å². The van der Waals surface area contributed by atoms with Crippen molar-refractivity contribution < 1.29 is 0 Å². The van der Waals surface area contributed by atoms with Gasteiger partial charge in [0.2, 0.25) is 0 Å². The molecule has 1 fully saturated rings. The number of hydrogen-bond donors (Lipinski definition) is 1. The van der Waals surface area contributed by atoms with Crippen molar-refractivity contribution >= 4 is 0 Å². The van der Waals surface area contributed by atoms with Gasteiger partial charge in [-0.25, -0.2) is 0 Å². The minimum absolute atomic E-state index is 0.334. The van der Waals surface area contributed by atoms with Crippen molar-refractivity contribution in [2.24, 2.45) is 22.5 Å². The second kappa shape index (κ2) is 2.98. The molecule has 1 rings (SSSR count). The van der Waals surface area contributed by atoms with E-state index in [0.717, 1.165) is 0 Å². The van der Waals surface area contributed by atoms with Crippen LogP contribution in [0.5, 0.6) is 0 Å². The fraction of sp³-hybridized carbons (Fsp3) is 0.917. The predicted octanol–water partition coefficient (Wildman–Crippen LogP) is 3.00. The summed E-state index contributed by atoms with van der Waals surface area (Å²) < 4.78 is 0. The van der Waals surface area contributed by atoms with Crippen LogP contribution in [0.3, 0.4) is 0 Å². The molecule has 1 aliphatic carbocycles. The van der Waals surface area contributed by atoms with Crippen LogP contribution in [0.4, 0.5) is 0 Å². The molecule has 0 aromatic carbocycles. The number of rotatable bonds is 1. The monoisotopic (exact) mass is 182 g/mol. The molecule has 1 heteroatoms. The standard InChI is InChI=1S/C12H24N/c1-8(13)9-7-10(11(2,3)4)12(9,5)6/h8-9H,7,13H2,1-6H3/t8-,9-/m0/s1. The minimum Gasteiger partial charge on any atom is -0.328 e. The highest BCUT2D eigenvalue weighted by atomic mass is 14.7. The first-order valence-electron chi connectivity index (χ1n) is 5.29. The molecule has 13 heavy (non-hydrogen) atoms. The van der Waals surface area contributed by atoms with E-state index in [1.807, 2.05) is 0 Å². The van der Waals surface area contributed by atoms with E-state index in [0.29, 0.717) is 22.8 Å². The summed E-state index contributed by atoms with van der Waals surface area (Å²) >= 11 is 0. The Morgan fingerprint density at radius 3 is 2.08 bits per heavy atom. The Labute approximate surface area is 83.1 Å². The average Bonchev–Trinajstić information content (AvgIpc) is 1.80. The lowest BCUT2D eigenvalue weighted by atomic mass is 9.46. The average molecular weight is 182 g/mol. The van der Waals surface area contributed by atoms with E-state index in [1.54, 1.807) is 5.92 Å². The van der Waals surface area contributed by atoms with E-state index in [-0.39, 0.29) is 0 Å². The Bertz CT molecular complexity index is 186. The molecule has 2 atom stereocenters. The molecule has 2 N–H and O–H groups in total. The van der Waals surface area contributed by atoms with Gasteiger partial charge in [0, 0.05) is 6.04 Å². The zero-order chi connectivity index (χ0) is 10.4. The van der Waals surface area contributed by atoms with Gasteiger partial charge in [-0.15, -0.1) is 0 Å². The van der Waals surface area contributed by atoms with E-state index in [4.69, 9.17) is 5.73 Å². The Morgan fingerprint density at radius 2 is 1.85 bits per heavy atom. The summed E-state index contributed by atoms with van der Waals surface area (Å²) in [7, 11) is 0. The second-order valence-corrected chi connectivity index (χ2v) is 6.12. The van der Waals surface area contributed by atoms with Gasteiger partial charge in [-0.2, -0.15) is 0 Å². The molecule has 0 aliphatic heterocycles. The summed E-state index contributed by atoms with van der Waals surface area (Å²) in [5.74, 6) is 2.36. The molecular formula is C12H24N. The van der Waals surface area contributed by atoms with Crippen molar-refractivity contribution in [1.29, 1.82) is 0 Å². The van der Waals surface area contributed by atoms with Gasteiger partial charge in [0.25, 0.3) is 0 Å². The highest BCUT2D eigenvalue weighted by Gasteiger charge is 2.53. The minimum atomic E-state index is 0.334. The lowest BCUT2D eigenvalue weighted by Gasteiger charge is -2.58. The molecule has 0 bridgehead atoms. The molecule has 0 heterocycles. The zero-order valence-corrected chi connectivity index (χ0v) is 9.94. The van der Waals surface area contributed by atoms with Crippen molar-refractivity contribution in [2.45, 2.75) is 54.0 Å². The number of nitrogens with two attached hydrogens (primary N) is 1. The topological polar surface area (TPSA) is 26.0 Å². The fourth-order valence-electron chi connectivity index (χ4n) is 2.95. The smallest absolute Gasteiger partial charge is 0.00442 e. The third kappa shape index (κ3) is 1.76. The largest absolute Gasteiger partial charge is 0.328 e. The van der Waals surface area contributed by atoms with Gasteiger partial charge in [0.1, 0.15) is 0 Å². The van der Waals surface area contributed by atoms with E-state index in [9.17, 15) is 0 Å². The summed E-state index contributed by atoms with van der Waals surface area (Å²) in [6, 6.07) is 0.334. The molecule has 0 aromatic rings. The summed E-state index contributed by atoms with van der Waals surface area (Å²) in [5, 5.41) is 0. The van der Waals surface area contributed by atoms with E-state index >= 15 is 0 Å². The highest BCUT2D eigenvalue weighted by molar-refractivity contribution is 5.23. The molecule has 0 unspecified atom stereocenters. The van der Waals surface area contributed by atoms with Gasteiger partial charge in [-0.1, -0.05) is 34.6 Å². The van der Waals surface area contributed by atoms with Gasteiger partial charge in [-0.05, 0) is 36.0 Å². The Morgan fingerprint density at radius 1 is 1.38 bits per heavy atom. The van der Waals surface area contributed by atoms with Crippen molar-refractivity contribution in [3.05, 3.63) is 5.92 Å². The maximum Gasteiger partial charge on any atom is 0.00442 e.